The van der Waals surface area contributed by atoms with Gasteiger partial charge in [0, 0.05) is 12.3 Å². The number of halogens is 2. The SMILES string of the molecule is C[C@@H](NC(=O)CCc1cccc(Cl)c1Cl)c1nc(C2CCCCC2)no1. The van der Waals surface area contributed by atoms with Gasteiger partial charge in [0.15, 0.2) is 5.82 Å². The molecular weight excluding hydrogens is 373 g/mol. The van der Waals surface area contributed by atoms with Crippen LogP contribution >= 0.6 is 23.2 Å². The largest absolute Gasteiger partial charge is 0.345 e. The van der Waals surface area contributed by atoms with E-state index in [2.05, 4.69) is 15.5 Å². The van der Waals surface area contributed by atoms with Gasteiger partial charge in [0.25, 0.3) is 0 Å². The Hall–Kier alpha value is -1.59. The number of carbonyl (C=O) groups is 1. The summed E-state index contributed by atoms with van der Waals surface area (Å²) in [6, 6.07) is 5.12. The number of benzene rings is 1. The van der Waals surface area contributed by atoms with Crippen molar-refractivity contribution in [1.82, 2.24) is 15.5 Å². The minimum absolute atomic E-state index is 0.0917. The molecule has 0 radical (unpaired) electrons. The summed E-state index contributed by atoms with van der Waals surface area (Å²) in [5, 5.41) is 8.02. The van der Waals surface area contributed by atoms with Crippen LogP contribution in [0.15, 0.2) is 22.7 Å². The molecule has 0 saturated heterocycles. The fraction of sp³-hybridized carbons (Fsp3) is 0.526. The van der Waals surface area contributed by atoms with Crippen molar-refractivity contribution in [3.05, 3.63) is 45.5 Å². The van der Waals surface area contributed by atoms with E-state index in [0.717, 1.165) is 24.2 Å². The summed E-state index contributed by atoms with van der Waals surface area (Å²) in [5.74, 6) is 1.52. The zero-order chi connectivity index (χ0) is 18.5. The highest BCUT2D eigenvalue weighted by molar-refractivity contribution is 6.42. The third-order valence-electron chi connectivity index (χ3n) is 4.83. The van der Waals surface area contributed by atoms with Gasteiger partial charge in [-0.1, -0.05) is 59.8 Å². The molecule has 1 aliphatic rings. The summed E-state index contributed by atoms with van der Waals surface area (Å²) >= 11 is 12.2. The quantitative estimate of drug-likeness (QED) is 0.726. The highest BCUT2D eigenvalue weighted by Crippen LogP contribution is 2.31. The van der Waals surface area contributed by atoms with Gasteiger partial charge in [-0.25, -0.2) is 0 Å². The minimum Gasteiger partial charge on any atom is -0.345 e. The first-order valence-corrected chi connectivity index (χ1v) is 9.86. The van der Waals surface area contributed by atoms with E-state index in [4.69, 9.17) is 27.7 Å². The van der Waals surface area contributed by atoms with Crippen molar-refractivity contribution < 1.29 is 9.32 Å². The maximum atomic E-state index is 12.2. The van der Waals surface area contributed by atoms with Gasteiger partial charge in [0.1, 0.15) is 6.04 Å². The highest BCUT2D eigenvalue weighted by Gasteiger charge is 2.23. The number of nitrogens with one attached hydrogen (secondary N) is 1. The number of aryl methyl sites for hydroxylation is 1. The van der Waals surface area contributed by atoms with Crippen LogP contribution in [0, 0.1) is 0 Å². The standard InChI is InChI=1S/C19H23Cl2N3O2/c1-12(19-23-18(24-26-19)14-6-3-2-4-7-14)22-16(25)11-10-13-8-5-9-15(20)17(13)21/h5,8-9,12,14H,2-4,6-7,10-11H2,1H3,(H,22,25)/t12-/m1/s1. The zero-order valence-electron chi connectivity index (χ0n) is 14.8. The number of hydrogen-bond donors (Lipinski definition) is 1. The summed E-state index contributed by atoms with van der Waals surface area (Å²) in [4.78, 5) is 16.7. The molecule has 1 aromatic heterocycles. The third kappa shape index (κ3) is 4.77. The number of amides is 1. The van der Waals surface area contributed by atoms with Crippen molar-refractivity contribution in [3.8, 4) is 0 Å². The molecule has 1 saturated carbocycles. The Morgan fingerprint density at radius 2 is 2.08 bits per heavy atom. The molecule has 140 valence electrons. The second-order valence-electron chi connectivity index (χ2n) is 6.83. The van der Waals surface area contributed by atoms with E-state index in [9.17, 15) is 4.79 Å². The Labute approximate surface area is 163 Å². The zero-order valence-corrected chi connectivity index (χ0v) is 16.3. The van der Waals surface area contributed by atoms with E-state index in [0.29, 0.717) is 34.7 Å². The predicted octanol–water partition coefficient (Wildman–Crippen LogP) is 5.23. The highest BCUT2D eigenvalue weighted by atomic mass is 35.5. The summed E-state index contributed by atoms with van der Waals surface area (Å²) in [5.41, 5.74) is 0.861. The first kappa shape index (κ1) is 19.2. The number of aromatic nitrogens is 2. The molecule has 0 unspecified atom stereocenters. The maximum Gasteiger partial charge on any atom is 0.248 e. The van der Waals surface area contributed by atoms with Gasteiger partial charge in [-0.05, 0) is 37.8 Å². The van der Waals surface area contributed by atoms with Crippen LogP contribution in [0.4, 0.5) is 0 Å². The molecule has 0 spiro atoms. The van der Waals surface area contributed by atoms with Gasteiger partial charge in [-0.2, -0.15) is 4.98 Å². The number of rotatable bonds is 6. The molecule has 1 fully saturated rings. The molecule has 0 aliphatic heterocycles. The molecule has 1 heterocycles. The predicted molar refractivity (Wildman–Crippen MR) is 101 cm³/mol. The van der Waals surface area contributed by atoms with Crippen molar-refractivity contribution >= 4 is 29.1 Å². The molecule has 3 rings (SSSR count). The summed E-state index contributed by atoms with van der Waals surface area (Å²) in [6.07, 6.45) is 6.77. The molecular formula is C19H23Cl2N3O2. The Morgan fingerprint density at radius 3 is 2.85 bits per heavy atom. The maximum absolute atomic E-state index is 12.2. The van der Waals surface area contributed by atoms with Crippen LogP contribution in [-0.4, -0.2) is 16.0 Å². The molecule has 1 atom stereocenters. The average Bonchev–Trinajstić information content (AvgIpc) is 3.14. The fourth-order valence-electron chi connectivity index (χ4n) is 3.31. The molecule has 26 heavy (non-hydrogen) atoms. The van der Waals surface area contributed by atoms with Crippen LogP contribution in [0.1, 0.15) is 74.7 Å². The van der Waals surface area contributed by atoms with Gasteiger partial charge in [0.2, 0.25) is 11.8 Å². The Kier molecular flexibility index (Phi) is 6.54. The van der Waals surface area contributed by atoms with Crippen molar-refractivity contribution in [2.24, 2.45) is 0 Å². The van der Waals surface area contributed by atoms with E-state index in [1.807, 2.05) is 19.1 Å². The molecule has 1 aliphatic carbocycles. The van der Waals surface area contributed by atoms with Gasteiger partial charge in [-0.3, -0.25) is 4.79 Å². The van der Waals surface area contributed by atoms with Crippen LogP contribution in [0.2, 0.25) is 10.0 Å². The minimum atomic E-state index is -0.317. The molecule has 7 heteroatoms. The summed E-state index contributed by atoms with van der Waals surface area (Å²) in [6.45, 7) is 1.85. The molecule has 5 nitrogen and oxygen atoms in total. The first-order valence-electron chi connectivity index (χ1n) is 9.10. The smallest absolute Gasteiger partial charge is 0.248 e. The summed E-state index contributed by atoms with van der Waals surface area (Å²) in [7, 11) is 0. The van der Waals surface area contributed by atoms with Crippen LogP contribution in [-0.2, 0) is 11.2 Å². The number of nitrogens with zero attached hydrogens (tertiary/aromatic N) is 2. The third-order valence-corrected chi connectivity index (χ3v) is 5.69. The van der Waals surface area contributed by atoms with Gasteiger partial charge < -0.3 is 9.84 Å². The van der Waals surface area contributed by atoms with Crippen LogP contribution in [0.25, 0.3) is 0 Å². The van der Waals surface area contributed by atoms with Gasteiger partial charge in [0.05, 0.1) is 10.0 Å². The van der Waals surface area contributed by atoms with Crippen molar-refractivity contribution in [2.45, 2.75) is 63.8 Å². The molecule has 1 aromatic carbocycles. The molecule has 2 aromatic rings. The van der Waals surface area contributed by atoms with Crippen molar-refractivity contribution in [2.75, 3.05) is 0 Å². The van der Waals surface area contributed by atoms with Crippen molar-refractivity contribution in [3.63, 3.8) is 0 Å². The first-order chi connectivity index (χ1) is 12.5. The van der Waals surface area contributed by atoms with Gasteiger partial charge in [-0.15, -0.1) is 0 Å². The average molecular weight is 396 g/mol. The molecule has 1 amide bonds. The summed E-state index contributed by atoms with van der Waals surface area (Å²) < 4.78 is 5.36. The van der Waals surface area contributed by atoms with Crippen LogP contribution < -0.4 is 5.32 Å². The Bertz CT molecular complexity index is 757. The van der Waals surface area contributed by atoms with E-state index < -0.39 is 0 Å². The normalized spacial score (nSPS) is 16.4. The Balaban J connectivity index is 1.52. The lowest BCUT2D eigenvalue weighted by atomic mass is 9.89. The number of carbonyl (C=O) groups excluding carboxylic acids is 1. The van der Waals surface area contributed by atoms with Crippen LogP contribution in [0.3, 0.4) is 0 Å². The Morgan fingerprint density at radius 1 is 1.31 bits per heavy atom. The lowest BCUT2D eigenvalue weighted by molar-refractivity contribution is -0.121. The van der Waals surface area contributed by atoms with E-state index in [1.165, 1.54) is 19.3 Å². The molecule has 1 N–H and O–H groups in total. The monoisotopic (exact) mass is 395 g/mol. The van der Waals surface area contributed by atoms with E-state index in [1.54, 1.807) is 6.07 Å². The van der Waals surface area contributed by atoms with E-state index in [-0.39, 0.29) is 11.9 Å². The fourth-order valence-corrected chi connectivity index (χ4v) is 3.73. The number of hydrogen-bond acceptors (Lipinski definition) is 4. The van der Waals surface area contributed by atoms with E-state index >= 15 is 0 Å². The second-order valence-corrected chi connectivity index (χ2v) is 7.61. The molecule has 0 bridgehead atoms. The van der Waals surface area contributed by atoms with Gasteiger partial charge >= 0.3 is 0 Å². The lowest BCUT2D eigenvalue weighted by Gasteiger charge is -2.17. The topological polar surface area (TPSA) is 68.0 Å². The second kappa shape index (κ2) is 8.87. The van der Waals surface area contributed by atoms with Crippen LogP contribution in [0.5, 0.6) is 0 Å². The van der Waals surface area contributed by atoms with Crippen molar-refractivity contribution in [1.29, 1.82) is 0 Å². The lowest BCUT2D eigenvalue weighted by Crippen LogP contribution is -2.27.